The predicted molar refractivity (Wildman–Crippen MR) is 62.3 cm³/mol. The summed E-state index contributed by atoms with van der Waals surface area (Å²) in [7, 11) is 0. The number of allylic oxidation sites excluding steroid dienone is 8. The van der Waals surface area contributed by atoms with Crippen molar-refractivity contribution in [3.8, 4) is 0 Å². The Bertz CT molecular complexity index is 311. The van der Waals surface area contributed by atoms with Crippen molar-refractivity contribution in [1.29, 1.82) is 0 Å². The topological polar surface area (TPSA) is 0 Å². The number of halogens is 1. The number of hydrogen-bond acceptors (Lipinski definition) is 0. The summed E-state index contributed by atoms with van der Waals surface area (Å²) in [4.78, 5) is 0. The predicted octanol–water partition coefficient (Wildman–Crippen LogP) is 4.35. The van der Waals surface area contributed by atoms with Crippen molar-refractivity contribution in [1.82, 2.24) is 0 Å². The average Bonchev–Trinajstić information content (AvgIpc) is 2.65. The molecular weight excluding hydrogens is 293 g/mol. The molecule has 2 aliphatic rings. The Balaban J connectivity index is 0.00000112. The maximum absolute atomic E-state index is 6.32. The van der Waals surface area contributed by atoms with Crippen LogP contribution in [0.1, 0.15) is 25.7 Å². The van der Waals surface area contributed by atoms with E-state index in [0.29, 0.717) is 5.92 Å². The SMILES string of the molecule is ClC1=C(C2C=CC=C2)CCC=CCC1.[Ru]. The molecule has 0 radical (unpaired) electrons. The molecule has 0 bridgehead atoms. The van der Waals surface area contributed by atoms with Gasteiger partial charge in [0.05, 0.1) is 0 Å². The van der Waals surface area contributed by atoms with Crippen LogP contribution >= 0.6 is 11.6 Å². The Morgan fingerprint density at radius 1 is 1.00 bits per heavy atom. The molecule has 0 heterocycles. The van der Waals surface area contributed by atoms with E-state index in [9.17, 15) is 0 Å². The molecule has 0 N–H and O–H groups in total. The first-order valence-electron chi connectivity index (χ1n) is 5.25. The summed E-state index contributed by atoms with van der Waals surface area (Å²) < 4.78 is 0. The van der Waals surface area contributed by atoms with Crippen LogP contribution in [0.2, 0.25) is 0 Å². The van der Waals surface area contributed by atoms with Crippen LogP contribution in [-0.4, -0.2) is 0 Å². The molecule has 0 aliphatic heterocycles. The zero-order valence-corrected chi connectivity index (χ0v) is 11.1. The summed E-state index contributed by atoms with van der Waals surface area (Å²) in [6.45, 7) is 0. The van der Waals surface area contributed by atoms with E-state index in [-0.39, 0.29) is 19.5 Å². The third kappa shape index (κ3) is 3.43. The first-order chi connectivity index (χ1) is 6.88. The van der Waals surface area contributed by atoms with Gasteiger partial charge in [-0.15, -0.1) is 0 Å². The monoisotopic (exact) mass is 308 g/mol. The average molecular weight is 308 g/mol. The minimum Gasteiger partial charge on any atom is -0.0892 e. The molecule has 2 heteroatoms. The second kappa shape index (κ2) is 6.45. The minimum absolute atomic E-state index is 0. The van der Waals surface area contributed by atoms with Crippen LogP contribution in [0.15, 0.2) is 47.1 Å². The molecule has 0 aromatic heterocycles. The van der Waals surface area contributed by atoms with Gasteiger partial charge in [0.15, 0.2) is 0 Å². The maximum atomic E-state index is 6.32. The van der Waals surface area contributed by atoms with Crippen molar-refractivity contribution < 1.29 is 19.5 Å². The van der Waals surface area contributed by atoms with Gasteiger partial charge in [-0.25, -0.2) is 0 Å². The van der Waals surface area contributed by atoms with Gasteiger partial charge in [-0.2, -0.15) is 0 Å². The van der Waals surface area contributed by atoms with Crippen molar-refractivity contribution in [2.24, 2.45) is 5.92 Å². The summed E-state index contributed by atoms with van der Waals surface area (Å²) in [5, 5.41) is 1.08. The third-order valence-electron chi connectivity index (χ3n) is 2.78. The van der Waals surface area contributed by atoms with E-state index < -0.39 is 0 Å². The van der Waals surface area contributed by atoms with Gasteiger partial charge in [0, 0.05) is 30.4 Å². The first-order valence-corrected chi connectivity index (χ1v) is 5.63. The minimum atomic E-state index is 0. The number of hydrogen-bond donors (Lipinski definition) is 0. The third-order valence-corrected chi connectivity index (χ3v) is 3.21. The quantitative estimate of drug-likeness (QED) is 0.499. The van der Waals surface area contributed by atoms with Crippen LogP contribution in [-0.2, 0) is 19.5 Å². The Labute approximate surface area is 110 Å². The second-order valence-electron chi connectivity index (χ2n) is 3.77. The molecule has 0 nitrogen and oxygen atoms in total. The molecule has 0 amide bonds. The van der Waals surface area contributed by atoms with Crippen molar-refractivity contribution >= 4 is 11.6 Å². The molecule has 0 atom stereocenters. The fourth-order valence-corrected chi connectivity index (χ4v) is 2.32. The number of rotatable bonds is 1. The van der Waals surface area contributed by atoms with Crippen LogP contribution in [0, 0.1) is 5.92 Å². The Hall–Kier alpha value is -0.127. The molecule has 0 aromatic rings. The van der Waals surface area contributed by atoms with Crippen LogP contribution < -0.4 is 0 Å². The standard InChI is InChI=1S/C13H15Cl.Ru/c14-13-10-4-2-1-3-9-12(13)11-7-5-6-8-11;/h1-2,5-8,11H,3-4,9-10H2;. The van der Waals surface area contributed by atoms with Gasteiger partial charge in [0.2, 0.25) is 0 Å². The smallest absolute Gasteiger partial charge is 0.0185 e. The molecule has 0 fully saturated rings. The van der Waals surface area contributed by atoms with E-state index in [1.54, 1.807) is 0 Å². The second-order valence-corrected chi connectivity index (χ2v) is 4.23. The molecule has 2 aliphatic carbocycles. The van der Waals surface area contributed by atoms with E-state index in [4.69, 9.17) is 11.6 Å². The Morgan fingerprint density at radius 2 is 1.60 bits per heavy atom. The van der Waals surface area contributed by atoms with E-state index in [1.165, 1.54) is 5.57 Å². The molecule has 82 valence electrons. The summed E-state index contributed by atoms with van der Waals surface area (Å²) in [6.07, 6.45) is 17.5. The van der Waals surface area contributed by atoms with Gasteiger partial charge < -0.3 is 0 Å². The molecule has 0 saturated heterocycles. The fourth-order valence-electron chi connectivity index (χ4n) is 1.99. The molecule has 0 aromatic carbocycles. The molecular formula is C13H15ClRu. The van der Waals surface area contributed by atoms with Crippen molar-refractivity contribution in [3.63, 3.8) is 0 Å². The Morgan fingerprint density at radius 3 is 2.27 bits per heavy atom. The van der Waals surface area contributed by atoms with Crippen molar-refractivity contribution in [2.75, 3.05) is 0 Å². The Kier molecular flexibility index (Phi) is 5.57. The van der Waals surface area contributed by atoms with Crippen LogP contribution in [0.3, 0.4) is 0 Å². The summed E-state index contributed by atoms with van der Waals surface area (Å²) >= 11 is 6.32. The maximum Gasteiger partial charge on any atom is 0.0185 e. The van der Waals surface area contributed by atoms with Crippen LogP contribution in [0.5, 0.6) is 0 Å². The summed E-state index contributed by atoms with van der Waals surface area (Å²) in [5.41, 5.74) is 1.42. The first kappa shape index (κ1) is 12.9. The zero-order chi connectivity index (χ0) is 9.80. The molecule has 2 rings (SSSR count). The normalized spacial score (nSPS) is 21.4. The van der Waals surface area contributed by atoms with Crippen molar-refractivity contribution in [3.05, 3.63) is 47.1 Å². The molecule has 0 saturated carbocycles. The van der Waals surface area contributed by atoms with Gasteiger partial charge in [-0.05, 0) is 31.3 Å². The van der Waals surface area contributed by atoms with Gasteiger partial charge in [-0.1, -0.05) is 48.1 Å². The van der Waals surface area contributed by atoms with Gasteiger partial charge in [-0.3, -0.25) is 0 Å². The van der Waals surface area contributed by atoms with E-state index in [2.05, 4.69) is 36.5 Å². The molecule has 15 heavy (non-hydrogen) atoms. The fraction of sp³-hybridized carbons (Fsp3) is 0.385. The summed E-state index contributed by atoms with van der Waals surface area (Å²) in [5.74, 6) is 0.467. The van der Waals surface area contributed by atoms with Crippen molar-refractivity contribution in [2.45, 2.75) is 25.7 Å². The molecule has 0 spiro atoms. The van der Waals surface area contributed by atoms with E-state index in [0.717, 1.165) is 30.7 Å². The largest absolute Gasteiger partial charge is 0.0892 e. The zero-order valence-electron chi connectivity index (χ0n) is 8.60. The molecule has 0 unspecified atom stereocenters. The van der Waals surface area contributed by atoms with Crippen LogP contribution in [0.25, 0.3) is 0 Å². The van der Waals surface area contributed by atoms with Gasteiger partial charge >= 0.3 is 0 Å². The summed E-state index contributed by atoms with van der Waals surface area (Å²) in [6, 6.07) is 0. The van der Waals surface area contributed by atoms with Gasteiger partial charge in [0.1, 0.15) is 0 Å². The van der Waals surface area contributed by atoms with E-state index >= 15 is 0 Å². The van der Waals surface area contributed by atoms with Gasteiger partial charge in [0.25, 0.3) is 0 Å². The van der Waals surface area contributed by atoms with E-state index in [1.807, 2.05) is 0 Å². The van der Waals surface area contributed by atoms with Crippen LogP contribution in [0.4, 0.5) is 0 Å².